The summed E-state index contributed by atoms with van der Waals surface area (Å²) in [6, 6.07) is 11.8. The molecule has 1 aromatic carbocycles. The quantitative estimate of drug-likeness (QED) is 0.783. The molecule has 0 atom stereocenters. The molecule has 0 aliphatic heterocycles. The third kappa shape index (κ3) is 2.95. The van der Waals surface area contributed by atoms with Crippen LogP contribution in [0.4, 0.5) is 5.69 Å². The number of aromatic nitrogens is 4. The minimum absolute atomic E-state index is 0.622. The summed E-state index contributed by atoms with van der Waals surface area (Å²) in [5, 5.41) is 3.22. The fourth-order valence-electron chi connectivity index (χ4n) is 1.77. The van der Waals surface area contributed by atoms with Crippen molar-refractivity contribution >= 4 is 5.69 Å². The molecular weight excluding hydrogens is 250 g/mol. The number of benzene rings is 1. The molecule has 98 valence electrons. The maximum atomic E-state index is 4.35. The number of hydrogen-bond donors (Lipinski definition) is 1. The molecule has 0 aliphatic rings. The SMILES string of the molecule is c1ccc(-c2ncc(NCc3ccncn3)cn2)cc1. The van der Waals surface area contributed by atoms with Gasteiger partial charge in [-0.15, -0.1) is 0 Å². The number of anilines is 1. The Morgan fingerprint density at radius 1 is 0.900 bits per heavy atom. The van der Waals surface area contributed by atoms with Gasteiger partial charge in [0.1, 0.15) is 6.33 Å². The first-order valence-electron chi connectivity index (χ1n) is 6.28. The third-order valence-electron chi connectivity index (χ3n) is 2.80. The largest absolute Gasteiger partial charge is 0.377 e. The fraction of sp³-hybridized carbons (Fsp3) is 0.0667. The lowest BCUT2D eigenvalue weighted by molar-refractivity contribution is 1.000. The molecule has 2 aromatic heterocycles. The molecule has 0 spiro atoms. The molecule has 1 N–H and O–H groups in total. The van der Waals surface area contributed by atoms with E-state index in [4.69, 9.17) is 0 Å². The lowest BCUT2D eigenvalue weighted by atomic mass is 10.2. The molecule has 0 amide bonds. The highest BCUT2D eigenvalue weighted by molar-refractivity contribution is 5.55. The average Bonchev–Trinajstić information content (AvgIpc) is 2.55. The van der Waals surface area contributed by atoms with Crippen molar-refractivity contribution in [3.05, 3.63) is 67.0 Å². The van der Waals surface area contributed by atoms with Gasteiger partial charge < -0.3 is 5.32 Å². The molecule has 2 heterocycles. The van der Waals surface area contributed by atoms with Crippen LogP contribution in [0.15, 0.2) is 61.3 Å². The highest BCUT2D eigenvalue weighted by Crippen LogP contribution is 2.14. The van der Waals surface area contributed by atoms with Gasteiger partial charge in [-0.25, -0.2) is 19.9 Å². The van der Waals surface area contributed by atoms with Crippen LogP contribution in [0.25, 0.3) is 11.4 Å². The van der Waals surface area contributed by atoms with Gasteiger partial charge >= 0.3 is 0 Å². The molecule has 0 aliphatic carbocycles. The number of nitrogens with zero attached hydrogens (tertiary/aromatic N) is 4. The van der Waals surface area contributed by atoms with Gasteiger partial charge in [0.05, 0.1) is 30.3 Å². The highest BCUT2D eigenvalue weighted by Gasteiger charge is 2.00. The molecular formula is C15H13N5. The van der Waals surface area contributed by atoms with Gasteiger partial charge in [-0.2, -0.15) is 0 Å². The normalized spacial score (nSPS) is 10.2. The number of rotatable bonds is 4. The predicted octanol–water partition coefficient (Wildman–Crippen LogP) is 2.55. The summed E-state index contributed by atoms with van der Waals surface area (Å²) in [4.78, 5) is 16.7. The van der Waals surface area contributed by atoms with E-state index in [9.17, 15) is 0 Å². The van der Waals surface area contributed by atoms with Crippen LogP contribution in [0.5, 0.6) is 0 Å². The molecule has 3 aromatic rings. The minimum atomic E-state index is 0.622. The smallest absolute Gasteiger partial charge is 0.159 e. The summed E-state index contributed by atoms with van der Waals surface area (Å²) >= 11 is 0. The standard InChI is InChI=1S/C15H13N5/c1-2-4-12(5-3-1)15-18-9-14(10-19-15)17-8-13-6-7-16-11-20-13/h1-7,9-11,17H,8H2. The molecule has 0 saturated carbocycles. The second-order valence-corrected chi connectivity index (χ2v) is 4.22. The molecule has 5 heteroatoms. The summed E-state index contributed by atoms with van der Waals surface area (Å²) in [5.74, 6) is 0.721. The first kappa shape index (κ1) is 12.2. The van der Waals surface area contributed by atoms with E-state index >= 15 is 0 Å². The number of nitrogens with one attached hydrogen (secondary N) is 1. The maximum Gasteiger partial charge on any atom is 0.159 e. The van der Waals surface area contributed by atoms with E-state index in [2.05, 4.69) is 25.3 Å². The third-order valence-corrected chi connectivity index (χ3v) is 2.80. The summed E-state index contributed by atoms with van der Waals surface area (Å²) < 4.78 is 0. The van der Waals surface area contributed by atoms with Crippen molar-refractivity contribution in [2.24, 2.45) is 0 Å². The van der Waals surface area contributed by atoms with Crippen molar-refractivity contribution in [3.8, 4) is 11.4 Å². The molecule has 3 rings (SSSR count). The van der Waals surface area contributed by atoms with Crippen LogP contribution in [0.3, 0.4) is 0 Å². The zero-order valence-corrected chi connectivity index (χ0v) is 10.8. The van der Waals surface area contributed by atoms with Gasteiger partial charge in [0.2, 0.25) is 0 Å². The van der Waals surface area contributed by atoms with Crippen molar-refractivity contribution in [1.82, 2.24) is 19.9 Å². The van der Waals surface area contributed by atoms with Gasteiger partial charge in [0, 0.05) is 11.8 Å². The lowest BCUT2D eigenvalue weighted by Gasteiger charge is -2.05. The molecule has 5 nitrogen and oxygen atoms in total. The van der Waals surface area contributed by atoms with Gasteiger partial charge in [0.15, 0.2) is 5.82 Å². The minimum Gasteiger partial charge on any atom is -0.377 e. The van der Waals surface area contributed by atoms with E-state index < -0.39 is 0 Å². The fourth-order valence-corrected chi connectivity index (χ4v) is 1.77. The second-order valence-electron chi connectivity index (χ2n) is 4.22. The maximum absolute atomic E-state index is 4.35. The van der Waals surface area contributed by atoms with Crippen LogP contribution >= 0.6 is 0 Å². The van der Waals surface area contributed by atoms with E-state index in [-0.39, 0.29) is 0 Å². The Bertz CT molecular complexity index is 653. The molecule has 20 heavy (non-hydrogen) atoms. The Kier molecular flexibility index (Phi) is 3.59. The summed E-state index contributed by atoms with van der Waals surface area (Å²) in [6.07, 6.45) is 6.80. The van der Waals surface area contributed by atoms with Crippen molar-refractivity contribution in [2.75, 3.05) is 5.32 Å². The lowest BCUT2D eigenvalue weighted by Crippen LogP contribution is -2.02. The first-order valence-corrected chi connectivity index (χ1v) is 6.28. The van der Waals surface area contributed by atoms with Gasteiger partial charge in [-0.1, -0.05) is 30.3 Å². The van der Waals surface area contributed by atoms with Crippen LogP contribution in [0.2, 0.25) is 0 Å². The van der Waals surface area contributed by atoms with Crippen molar-refractivity contribution in [3.63, 3.8) is 0 Å². The zero-order valence-electron chi connectivity index (χ0n) is 10.8. The Balaban J connectivity index is 1.68. The van der Waals surface area contributed by atoms with Crippen molar-refractivity contribution < 1.29 is 0 Å². The van der Waals surface area contributed by atoms with Crippen LogP contribution in [-0.4, -0.2) is 19.9 Å². The Morgan fingerprint density at radius 2 is 1.70 bits per heavy atom. The summed E-state index contributed by atoms with van der Waals surface area (Å²) in [6.45, 7) is 0.622. The average molecular weight is 263 g/mol. The first-order chi connectivity index (χ1) is 9.92. The van der Waals surface area contributed by atoms with Crippen LogP contribution in [0, 0.1) is 0 Å². The van der Waals surface area contributed by atoms with Gasteiger partial charge in [-0.05, 0) is 6.07 Å². The molecule has 0 unspecified atom stereocenters. The van der Waals surface area contributed by atoms with Gasteiger partial charge in [-0.3, -0.25) is 0 Å². The van der Waals surface area contributed by atoms with E-state index in [1.165, 1.54) is 6.33 Å². The van der Waals surface area contributed by atoms with Gasteiger partial charge in [0.25, 0.3) is 0 Å². The van der Waals surface area contributed by atoms with E-state index in [1.54, 1.807) is 18.6 Å². The number of hydrogen-bond acceptors (Lipinski definition) is 5. The molecule has 0 saturated heterocycles. The topological polar surface area (TPSA) is 63.6 Å². The van der Waals surface area contributed by atoms with E-state index in [0.717, 1.165) is 22.8 Å². The predicted molar refractivity (Wildman–Crippen MR) is 76.8 cm³/mol. The van der Waals surface area contributed by atoms with E-state index in [1.807, 2.05) is 36.4 Å². The monoisotopic (exact) mass is 263 g/mol. The Hall–Kier alpha value is -2.82. The zero-order chi connectivity index (χ0) is 13.6. The molecule has 0 bridgehead atoms. The van der Waals surface area contributed by atoms with E-state index in [0.29, 0.717) is 6.54 Å². The second kappa shape index (κ2) is 5.88. The summed E-state index contributed by atoms with van der Waals surface area (Å²) in [5.41, 5.74) is 2.80. The Morgan fingerprint density at radius 3 is 2.40 bits per heavy atom. The summed E-state index contributed by atoms with van der Waals surface area (Å²) in [7, 11) is 0. The van der Waals surface area contributed by atoms with Crippen LogP contribution in [0.1, 0.15) is 5.69 Å². The highest BCUT2D eigenvalue weighted by atomic mass is 15.0. The van der Waals surface area contributed by atoms with Crippen LogP contribution < -0.4 is 5.32 Å². The van der Waals surface area contributed by atoms with Crippen molar-refractivity contribution in [2.45, 2.75) is 6.54 Å². The molecule has 0 radical (unpaired) electrons. The Labute approximate surface area is 116 Å². The molecule has 0 fully saturated rings. The van der Waals surface area contributed by atoms with Crippen molar-refractivity contribution in [1.29, 1.82) is 0 Å². The van der Waals surface area contributed by atoms with Crippen LogP contribution in [-0.2, 0) is 6.54 Å².